The molecule has 0 bridgehead atoms. The Hall–Kier alpha value is -1.66. The van der Waals surface area contributed by atoms with Gasteiger partial charge in [-0.15, -0.1) is 0 Å². The van der Waals surface area contributed by atoms with Crippen molar-refractivity contribution >= 4 is 5.57 Å². The lowest BCUT2D eigenvalue weighted by molar-refractivity contribution is 0.370. The Labute approximate surface area is 89.7 Å². The van der Waals surface area contributed by atoms with Gasteiger partial charge in [-0.3, -0.25) is 4.98 Å². The van der Waals surface area contributed by atoms with E-state index < -0.39 is 0 Å². The molecule has 2 heterocycles. The maximum atomic E-state index is 8.78. The first-order chi connectivity index (χ1) is 7.29. The average molecular weight is 199 g/mol. The summed E-state index contributed by atoms with van der Waals surface area (Å²) in [5, 5.41) is 8.78. The second-order valence-corrected chi connectivity index (χ2v) is 3.82. The lowest BCUT2D eigenvalue weighted by atomic mass is 10.0. The number of likely N-dealkylation sites (N-methyl/N-ethyl adjacent to an activating group) is 1. The van der Waals surface area contributed by atoms with E-state index in [1.165, 1.54) is 5.57 Å². The van der Waals surface area contributed by atoms with Gasteiger partial charge in [0.1, 0.15) is 6.07 Å². The van der Waals surface area contributed by atoms with Gasteiger partial charge in [-0.05, 0) is 30.7 Å². The summed E-state index contributed by atoms with van der Waals surface area (Å²) in [6, 6.07) is 4.02. The Balaban J connectivity index is 2.27. The molecule has 1 aromatic heterocycles. The lowest BCUT2D eigenvalue weighted by Crippen LogP contribution is -2.23. The largest absolute Gasteiger partial charge is 0.302 e. The topological polar surface area (TPSA) is 39.9 Å². The molecule has 0 aliphatic carbocycles. The van der Waals surface area contributed by atoms with Crippen molar-refractivity contribution in [1.29, 1.82) is 5.26 Å². The first-order valence-electron chi connectivity index (χ1n) is 5.02. The van der Waals surface area contributed by atoms with Crippen LogP contribution in [-0.4, -0.2) is 30.0 Å². The van der Waals surface area contributed by atoms with E-state index in [0.717, 1.165) is 25.1 Å². The van der Waals surface area contributed by atoms with Crippen molar-refractivity contribution < 1.29 is 0 Å². The third-order valence-electron chi connectivity index (χ3n) is 2.65. The molecule has 0 radical (unpaired) electrons. The van der Waals surface area contributed by atoms with Crippen molar-refractivity contribution in [2.24, 2.45) is 0 Å². The molecule has 0 amide bonds. The molecule has 3 heteroatoms. The van der Waals surface area contributed by atoms with Crippen LogP contribution >= 0.6 is 0 Å². The van der Waals surface area contributed by atoms with E-state index in [4.69, 9.17) is 5.26 Å². The minimum atomic E-state index is 0.632. The van der Waals surface area contributed by atoms with Crippen molar-refractivity contribution in [2.45, 2.75) is 6.42 Å². The van der Waals surface area contributed by atoms with Crippen LogP contribution in [-0.2, 0) is 0 Å². The van der Waals surface area contributed by atoms with Crippen molar-refractivity contribution in [1.82, 2.24) is 9.88 Å². The number of aromatic nitrogens is 1. The fraction of sp³-hybridized carbons (Fsp3) is 0.333. The predicted molar refractivity (Wildman–Crippen MR) is 59.0 cm³/mol. The molecule has 0 N–H and O–H groups in total. The summed E-state index contributed by atoms with van der Waals surface area (Å²) in [5.74, 6) is 0. The molecule has 3 nitrogen and oxygen atoms in total. The van der Waals surface area contributed by atoms with Gasteiger partial charge in [0.2, 0.25) is 0 Å². The molecule has 0 saturated heterocycles. The maximum absolute atomic E-state index is 8.78. The molecular formula is C12H13N3. The van der Waals surface area contributed by atoms with Crippen LogP contribution in [0, 0.1) is 11.3 Å². The van der Waals surface area contributed by atoms with Gasteiger partial charge >= 0.3 is 0 Å². The number of nitriles is 1. The first-order valence-corrected chi connectivity index (χ1v) is 5.02. The van der Waals surface area contributed by atoms with Crippen molar-refractivity contribution in [3.8, 4) is 6.07 Å². The van der Waals surface area contributed by atoms with Gasteiger partial charge < -0.3 is 4.90 Å². The lowest BCUT2D eigenvalue weighted by Gasteiger charge is -2.21. The Morgan fingerprint density at radius 2 is 2.33 bits per heavy atom. The Morgan fingerprint density at radius 1 is 1.47 bits per heavy atom. The fourth-order valence-corrected chi connectivity index (χ4v) is 1.71. The van der Waals surface area contributed by atoms with E-state index in [2.05, 4.69) is 29.1 Å². The third kappa shape index (κ3) is 2.23. The van der Waals surface area contributed by atoms with Crippen LogP contribution in [0.15, 0.2) is 24.5 Å². The number of pyridine rings is 1. The van der Waals surface area contributed by atoms with Crippen molar-refractivity contribution in [3.63, 3.8) is 0 Å². The molecular weight excluding hydrogens is 186 g/mol. The van der Waals surface area contributed by atoms with E-state index in [1.54, 1.807) is 6.20 Å². The molecule has 0 atom stereocenters. The molecule has 15 heavy (non-hydrogen) atoms. The van der Waals surface area contributed by atoms with Gasteiger partial charge in [0, 0.05) is 25.5 Å². The molecule has 0 unspecified atom stereocenters. The monoisotopic (exact) mass is 199 g/mol. The summed E-state index contributed by atoms with van der Waals surface area (Å²) in [6.07, 6.45) is 6.67. The highest BCUT2D eigenvalue weighted by Crippen LogP contribution is 2.21. The Bertz CT molecular complexity index is 429. The van der Waals surface area contributed by atoms with Crippen LogP contribution < -0.4 is 0 Å². The average Bonchev–Trinajstić information content (AvgIpc) is 2.30. The maximum Gasteiger partial charge on any atom is 0.101 e. The van der Waals surface area contributed by atoms with E-state index in [-0.39, 0.29) is 0 Å². The van der Waals surface area contributed by atoms with Crippen LogP contribution in [0.4, 0.5) is 0 Å². The second-order valence-electron chi connectivity index (χ2n) is 3.82. The predicted octanol–water partition coefficient (Wildman–Crippen LogP) is 1.67. The fourth-order valence-electron chi connectivity index (χ4n) is 1.71. The van der Waals surface area contributed by atoms with Gasteiger partial charge in [-0.2, -0.15) is 5.26 Å². The minimum Gasteiger partial charge on any atom is -0.302 e. The van der Waals surface area contributed by atoms with Crippen molar-refractivity contribution in [3.05, 3.63) is 35.7 Å². The molecule has 0 spiro atoms. The zero-order valence-electron chi connectivity index (χ0n) is 8.77. The van der Waals surface area contributed by atoms with Gasteiger partial charge in [-0.25, -0.2) is 0 Å². The number of hydrogen-bond acceptors (Lipinski definition) is 3. The highest BCUT2D eigenvalue weighted by atomic mass is 15.1. The molecule has 0 aromatic carbocycles. The van der Waals surface area contributed by atoms with E-state index in [9.17, 15) is 0 Å². The first kappa shape index (κ1) is 9.88. The van der Waals surface area contributed by atoms with Gasteiger partial charge in [0.25, 0.3) is 0 Å². The van der Waals surface area contributed by atoms with Crippen LogP contribution in [0.3, 0.4) is 0 Å². The van der Waals surface area contributed by atoms with Gasteiger partial charge in [0.05, 0.1) is 5.56 Å². The number of nitrogens with zero attached hydrogens (tertiary/aromatic N) is 3. The van der Waals surface area contributed by atoms with E-state index >= 15 is 0 Å². The summed E-state index contributed by atoms with van der Waals surface area (Å²) in [7, 11) is 2.11. The molecule has 0 fully saturated rings. The highest BCUT2D eigenvalue weighted by Gasteiger charge is 2.09. The van der Waals surface area contributed by atoms with Crippen LogP contribution in [0.2, 0.25) is 0 Å². The Kier molecular flexibility index (Phi) is 2.79. The van der Waals surface area contributed by atoms with Crippen LogP contribution in [0.1, 0.15) is 17.5 Å². The normalized spacial score (nSPS) is 16.9. The van der Waals surface area contributed by atoms with Crippen LogP contribution in [0.25, 0.3) is 5.57 Å². The summed E-state index contributed by atoms with van der Waals surface area (Å²) in [5.41, 5.74) is 3.02. The molecule has 76 valence electrons. The SMILES string of the molecule is CN1CC=C(c2cncc(C#N)c2)CC1. The summed E-state index contributed by atoms with van der Waals surface area (Å²) >= 11 is 0. The van der Waals surface area contributed by atoms with E-state index in [0.29, 0.717) is 5.56 Å². The molecule has 1 aliphatic heterocycles. The molecule has 1 aromatic rings. The van der Waals surface area contributed by atoms with E-state index in [1.807, 2.05) is 12.3 Å². The summed E-state index contributed by atoms with van der Waals surface area (Å²) in [6.45, 7) is 2.05. The van der Waals surface area contributed by atoms with Gasteiger partial charge in [0.15, 0.2) is 0 Å². The van der Waals surface area contributed by atoms with Crippen molar-refractivity contribution in [2.75, 3.05) is 20.1 Å². The number of hydrogen-bond donors (Lipinski definition) is 0. The smallest absolute Gasteiger partial charge is 0.101 e. The third-order valence-corrected chi connectivity index (χ3v) is 2.65. The summed E-state index contributed by atoms with van der Waals surface area (Å²) < 4.78 is 0. The molecule has 0 saturated carbocycles. The minimum absolute atomic E-state index is 0.632. The van der Waals surface area contributed by atoms with Crippen LogP contribution in [0.5, 0.6) is 0 Å². The quantitative estimate of drug-likeness (QED) is 0.690. The summed E-state index contributed by atoms with van der Waals surface area (Å²) in [4.78, 5) is 6.34. The number of rotatable bonds is 1. The highest BCUT2D eigenvalue weighted by molar-refractivity contribution is 5.66. The zero-order chi connectivity index (χ0) is 10.7. The zero-order valence-corrected chi connectivity index (χ0v) is 8.77. The molecule has 1 aliphatic rings. The van der Waals surface area contributed by atoms with Gasteiger partial charge in [-0.1, -0.05) is 6.08 Å². The molecule has 2 rings (SSSR count). The Morgan fingerprint density at radius 3 is 3.00 bits per heavy atom. The standard InChI is InChI=1S/C12H13N3/c1-15-4-2-11(3-5-15)12-6-10(7-13)8-14-9-12/h2,6,8-9H,3-5H2,1H3. The second kappa shape index (κ2) is 4.24.